The maximum Gasteiger partial charge on any atom is 0.416 e. The number of hydrogen-bond acceptors (Lipinski definition) is 5. The van der Waals surface area contributed by atoms with Gasteiger partial charge in [0.2, 0.25) is 11.2 Å². The van der Waals surface area contributed by atoms with Crippen LogP contribution in [-0.2, 0) is 39.7 Å². The third-order valence-corrected chi connectivity index (χ3v) is 5.92. The monoisotopic (exact) mass is 457 g/mol. The van der Waals surface area contributed by atoms with E-state index in [0.717, 1.165) is 12.1 Å². The van der Waals surface area contributed by atoms with E-state index in [9.17, 15) is 27.3 Å². The first-order valence-corrected chi connectivity index (χ1v) is 10.7. The van der Waals surface area contributed by atoms with Crippen molar-refractivity contribution < 1.29 is 36.8 Å². The molecule has 10 heteroatoms. The van der Waals surface area contributed by atoms with Crippen molar-refractivity contribution in [3.63, 3.8) is 0 Å². The zero-order valence-electron chi connectivity index (χ0n) is 17.1. The molecule has 0 bridgehead atoms. The molecule has 2 rings (SSSR count). The van der Waals surface area contributed by atoms with E-state index in [-0.39, 0.29) is 18.4 Å². The molecule has 2 aromatic carbocycles. The minimum Gasteiger partial charge on any atom is -0.616 e. The van der Waals surface area contributed by atoms with E-state index in [1.165, 1.54) is 38.7 Å². The van der Waals surface area contributed by atoms with Crippen molar-refractivity contribution in [3.05, 3.63) is 64.2 Å². The van der Waals surface area contributed by atoms with Crippen LogP contribution in [0, 0.1) is 0 Å². The molecule has 2 unspecified atom stereocenters. The lowest BCUT2D eigenvalue weighted by Crippen LogP contribution is -2.33. The predicted octanol–water partition coefficient (Wildman–Crippen LogP) is 2.87. The van der Waals surface area contributed by atoms with Crippen molar-refractivity contribution in [2.45, 2.75) is 24.3 Å². The van der Waals surface area contributed by atoms with Gasteiger partial charge in [0.05, 0.1) is 26.0 Å². The van der Waals surface area contributed by atoms with Gasteiger partial charge in [-0.2, -0.15) is 13.2 Å². The summed E-state index contributed by atoms with van der Waals surface area (Å²) in [7, 11) is 2.55. The molecule has 0 saturated carbocycles. The smallest absolute Gasteiger partial charge is 0.416 e. The Morgan fingerprint density at radius 2 is 1.74 bits per heavy atom. The molecule has 6 nitrogen and oxygen atoms in total. The number of alkyl halides is 3. The highest BCUT2D eigenvalue weighted by molar-refractivity contribution is 7.92. The number of carbonyl (C=O) groups excluding carboxylic acids is 2. The number of ether oxygens (including phenoxy) is 2. The van der Waals surface area contributed by atoms with Gasteiger partial charge in [0.1, 0.15) is 5.75 Å². The van der Waals surface area contributed by atoms with Gasteiger partial charge < -0.3 is 19.8 Å². The molecule has 0 aliphatic carbocycles. The molecule has 0 fully saturated rings. The molecular formula is C21H22F3NO5S. The van der Waals surface area contributed by atoms with Crippen molar-refractivity contribution in [1.29, 1.82) is 0 Å². The van der Waals surface area contributed by atoms with Gasteiger partial charge in [-0.05, 0) is 40.5 Å². The zero-order chi connectivity index (χ0) is 23.3. The van der Waals surface area contributed by atoms with Gasteiger partial charge in [-0.3, -0.25) is 4.79 Å². The number of primary amides is 1. The fourth-order valence-electron chi connectivity index (χ4n) is 3.20. The minimum atomic E-state index is -4.47. The molecule has 2 atom stereocenters. The van der Waals surface area contributed by atoms with Crippen LogP contribution in [0.3, 0.4) is 0 Å². The Kier molecular flexibility index (Phi) is 7.96. The highest BCUT2D eigenvalue weighted by atomic mass is 32.2. The summed E-state index contributed by atoms with van der Waals surface area (Å²) in [6, 6.07) is 7.61. The molecule has 168 valence electrons. The van der Waals surface area contributed by atoms with Gasteiger partial charge in [-0.1, -0.05) is 18.2 Å². The second-order valence-electron chi connectivity index (χ2n) is 6.73. The van der Waals surface area contributed by atoms with Crippen LogP contribution in [0.15, 0.2) is 36.4 Å². The number of rotatable bonds is 8. The summed E-state index contributed by atoms with van der Waals surface area (Å²) in [5, 5.41) is -1.02. The zero-order valence-corrected chi connectivity index (χ0v) is 17.9. The Morgan fingerprint density at radius 1 is 1.13 bits per heavy atom. The molecule has 1 amide bonds. The summed E-state index contributed by atoms with van der Waals surface area (Å²) in [6.07, 6.45) is -3.13. The maximum absolute atomic E-state index is 12.8. The summed E-state index contributed by atoms with van der Waals surface area (Å²) >= 11 is -1.58. The Balaban J connectivity index is 2.52. The number of methoxy groups -OCH3 is 2. The van der Waals surface area contributed by atoms with Crippen LogP contribution in [0.5, 0.6) is 5.75 Å². The van der Waals surface area contributed by atoms with Crippen molar-refractivity contribution in [2.24, 2.45) is 5.73 Å². The molecule has 2 N–H and O–H groups in total. The summed E-state index contributed by atoms with van der Waals surface area (Å²) in [6.45, 7) is 0. The van der Waals surface area contributed by atoms with Crippen molar-refractivity contribution >= 4 is 23.1 Å². The minimum absolute atomic E-state index is 0.0610. The molecule has 0 spiro atoms. The largest absolute Gasteiger partial charge is 0.616 e. The lowest BCUT2D eigenvalue weighted by Gasteiger charge is -2.20. The first-order valence-electron chi connectivity index (χ1n) is 9.04. The second kappa shape index (κ2) is 10.1. The standard InChI is InChI=1S/C21H22F3NO5S/c1-29-16-9-6-13(11-17(31(3)28)20(27)30-2)18(19(25)26)15(16)10-12-4-7-14(8-5-12)21(22,23)24/h4-9,17H,10-11H2,1-3H3,(H2,25,26). The van der Waals surface area contributed by atoms with E-state index in [1.807, 2.05) is 0 Å². The highest BCUT2D eigenvalue weighted by Crippen LogP contribution is 2.32. The van der Waals surface area contributed by atoms with Crippen LogP contribution >= 0.6 is 0 Å². The molecular weight excluding hydrogens is 435 g/mol. The number of esters is 1. The van der Waals surface area contributed by atoms with Crippen molar-refractivity contribution in [3.8, 4) is 5.75 Å². The Morgan fingerprint density at radius 3 is 2.19 bits per heavy atom. The van der Waals surface area contributed by atoms with Crippen molar-refractivity contribution in [2.75, 3.05) is 20.5 Å². The quantitative estimate of drug-likeness (QED) is 0.485. The topological polar surface area (TPSA) is 102 Å². The van der Waals surface area contributed by atoms with Gasteiger partial charge in [-0.15, -0.1) is 0 Å². The Bertz CT molecular complexity index is 945. The molecule has 0 aliphatic heterocycles. The van der Waals surface area contributed by atoms with E-state index in [1.54, 1.807) is 6.07 Å². The first kappa shape index (κ1) is 24.5. The lowest BCUT2D eigenvalue weighted by atomic mass is 9.92. The number of halogens is 3. The number of carbonyl (C=O) groups is 2. The summed E-state index contributed by atoms with van der Waals surface area (Å²) in [5.41, 5.74) is 6.09. The van der Waals surface area contributed by atoms with Crippen LogP contribution in [-0.4, -0.2) is 42.2 Å². The fraction of sp³-hybridized carbons (Fsp3) is 0.333. The average Bonchev–Trinajstić information content (AvgIpc) is 2.70. The predicted molar refractivity (Wildman–Crippen MR) is 109 cm³/mol. The molecule has 0 radical (unpaired) electrons. The van der Waals surface area contributed by atoms with E-state index in [0.29, 0.717) is 22.4 Å². The summed E-state index contributed by atoms with van der Waals surface area (Å²) in [4.78, 5) is 24.3. The van der Waals surface area contributed by atoms with Gasteiger partial charge in [0, 0.05) is 24.0 Å². The Labute approximate surface area is 180 Å². The van der Waals surface area contributed by atoms with E-state index < -0.39 is 40.0 Å². The maximum atomic E-state index is 12.8. The molecule has 0 heterocycles. The Hall–Kier alpha value is -2.72. The third kappa shape index (κ3) is 5.92. The van der Waals surface area contributed by atoms with Gasteiger partial charge in [0.25, 0.3) is 0 Å². The molecule has 0 aromatic heterocycles. The highest BCUT2D eigenvalue weighted by Gasteiger charge is 2.32. The number of nitrogens with two attached hydrogens (primary N) is 1. The van der Waals surface area contributed by atoms with Crippen LogP contribution in [0.1, 0.15) is 32.6 Å². The SMILES string of the molecule is COC(=O)C(Cc1ccc(OC)c(Cc2ccc(C(F)(F)F)cc2)c1C(N)=O)[S+](C)[O-]. The van der Waals surface area contributed by atoms with E-state index in [2.05, 4.69) is 0 Å². The van der Waals surface area contributed by atoms with Crippen LogP contribution in [0.2, 0.25) is 0 Å². The number of benzene rings is 2. The molecule has 31 heavy (non-hydrogen) atoms. The van der Waals surface area contributed by atoms with Gasteiger partial charge >= 0.3 is 12.1 Å². The normalized spacial score (nSPS) is 13.4. The van der Waals surface area contributed by atoms with E-state index >= 15 is 0 Å². The van der Waals surface area contributed by atoms with Crippen LogP contribution < -0.4 is 10.5 Å². The van der Waals surface area contributed by atoms with E-state index in [4.69, 9.17) is 15.2 Å². The molecule has 0 aliphatic rings. The fourth-order valence-corrected chi connectivity index (χ4v) is 3.99. The first-order chi connectivity index (χ1) is 14.5. The number of amides is 1. The van der Waals surface area contributed by atoms with Crippen LogP contribution in [0.4, 0.5) is 13.2 Å². The van der Waals surface area contributed by atoms with Crippen LogP contribution in [0.25, 0.3) is 0 Å². The van der Waals surface area contributed by atoms with Crippen molar-refractivity contribution in [1.82, 2.24) is 0 Å². The average molecular weight is 457 g/mol. The van der Waals surface area contributed by atoms with Gasteiger partial charge in [0.15, 0.2) is 0 Å². The second-order valence-corrected chi connectivity index (χ2v) is 8.30. The molecule has 2 aromatic rings. The van der Waals surface area contributed by atoms with Gasteiger partial charge in [-0.25, -0.2) is 4.79 Å². The third-order valence-electron chi connectivity index (χ3n) is 4.75. The lowest BCUT2D eigenvalue weighted by molar-refractivity contribution is -0.140. The summed E-state index contributed by atoms with van der Waals surface area (Å²) < 4.78 is 60.5. The summed E-state index contributed by atoms with van der Waals surface area (Å²) in [5.74, 6) is -1.19. The molecule has 0 saturated heterocycles. The number of hydrogen-bond donors (Lipinski definition) is 1.